The first kappa shape index (κ1) is 108. The number of benzene rings is 10. The average Bonchev–Trinajstić information content (AvgIpc) is 1.67. The summed E-state index contributed by atoms with van der Waals surface area (Å²) >= 11 is 4.95. The fourth-order valence-electron chi connectivity index (χ4n) is 10.6. The molecule has 131 heavy (non-hydrogen) atoms. The van der Waals surface area contributed by atoms with Gasteiger partial charge in [-0.15, -0.1) is 0 Å². The summed E-state index contributed by atoms with van der Waals surface area (Å²) in [5.74, 6) is 1.56. The van der Waals surface area contributed by atoms with Crippen LogP contribution < -0.4 is 145 Å². The summed E-state index contributed by atoms with van der Waals surface area (Å²) in [5.41, 5.74) is 22.3. The van der Waals surface area contributed by atoms with Crippen LogP contribution >= 0.6 is 11.6 Å². The standard InChI is InChI=1S/C17H13N5O2.C13H9N3O2.C13H11N3.C10H8N2O3.C7H5ClO2.C7H6N2.C6H4FNO2.C6H15N.C4H8O.C3H4N2O.C3H8.CH3F.CH2O3.2K.H/c23-17(20-16-9-10-24-21-16)19-12-5-7-13(8-6-12)22-11-18-14-3-1-2-4-15(14)22;17-16(18)11-7-5-10(6-8-11)15-9-14-12-3-1-2-4-13(12)15;14-10-5-7-11(8-6-10)16-9-15-12-3-1-2-4-13(12)16;13-10(11-9-6-7-14-12-9)15-8-4-2-1-3-5-8;8-7(9)10-6-4-2-1-3-5-6;1-2-4-7-6(3-1)8-5-9-7;7-5-1-3-6(4-2-5)8(9)10;1-4-7(5-2)6-3;1-2-4-5-3-1;4-3-1-2-6-5-3;1-3-2;1-2;2-1-4-3;;;/h1-11H,(H2,19,20,21,23);1-9H;1-9H,14H2;1-7H,(H,11,12,13);1-5H;1-5H,(H,8,9);1-4H;4-6H2,1-3H3;1-4H2;1-2H,(H2,4,5);3H2,1-2H3;1H3;1,3H;;;/q;;;;;;;;;;;;;2*+1;-1/p-1/i;;;;;;;;;;;1D;;;;. The van der Waals surface area contributed by atoms with E-state index in [4.69, 9.17) is 44.0 Å². The van der Waals surface area contributed by atoms with Gasteiger partial charge >= 0.3 is 120 Å². The second kappa shape index (κ2) is 64.6. The number of urea groups is 1. The fraction of sp³-hybridized carbons (Fsp3) is 0.154. The summed E-state index contributed by atoms with van der Waals surface area (Å²) in [6, 6.07) is 79.4. The number of imidazole rings is 4. The van der Waals surface area contributed by atoms with Crippen LogP contribution in [0.15, 0.2) is 331 Å². The number of non-ortho nitro benzene ring substituents is 2. The number of fused-ring (bicyclic) bond motifs is 4. The molecule has 1 aliphatic rings. The molecule has 18 rings (SSSR count). The average molecular weight is 1860 g/mol. The molecule has 0 spiro atoms. The van der Waals surface area contributed by atoms with Crippen molar-refractivity contribution in [1.82, 2.24) is 59.0 Å². The molecule has 0 saturated carbocycles. The third kappa shape index (κ3) is 41.5. The van der Waals surface area contributed by atoms with E-state index >= 15 is 0 Å². The van der Waals surface area contributed by atoms with E-state index in [1.165, 1.54) is 75.9 Å². The summed E-state index contributed by atoms with van der Waals surface area (Å²) in [4.78, 5) is 86.6. The Kier molecular flexibility index (Phi) is 53.5. The third-order valence-electron chi connectivity index (χ3n) is 16.5. The summed E-state index contributed by atoms with van der Waals surface area (Å²) in [7, 11) is -1.00. The summed E-state index contributed by atoms with van der Waals surface area (Å²) < 4.78 is 61.6. The molecule has 1 fully saturated rings. The molecule has 1 aliphatic heterocycles. The predicted molar refractivity (Wildman–Crippen MR) is 489 cm³/mol. The molecule has 17 aromatic rings. The minimum atomic E-state index is -1.00. The van der Waals surface area contributed by atoms with Crippen molar-refractivity contribution in [3.05, 3.63) is 343 Å². The minimum Gasteiger partial charge on any atom is -1.00 e. The van der Waals surface area contributed by atoms with Gasteiger partial charge in [-0.25, -0.2) is 38.7 Å². The molecular weight excluding hydrogens is 1770 g/mol. The van der Waals surface area contributed by atoms with Gasteiger partial charge in [0.05, 0.1) is 68.8 Å². The predicted octanol–water partition coefficient (Wildman–Crippen LogP) is 14.2. The number of amides is 3. The topological polar surface area (TPSA) is 466 Å². The third-order valence-corrected chi connectivity index (χ3v) is 16.6. The van der Waals surface area contributed by atoms with Crippen LogP contribution in [0.1, 0.15) is 56.7 Å². The van der Waals surface area contributed by atoms with Crippen LogP contribution in [0.2, 0.25) is 0 Å². The number of ether oxygens (including phenoxy) is 3. The summed E-state index contributed by atoms with van der Waals surface area (Å²) in [6.45, 7) is 16.2. The molecule has 35 nitrogen and oxygen atoms in total. The van der Waals surface area contributed by atoms with Gasteiger partial charge in [-0.2, -0.15) is 0 Å². The number of nitrogen functional groups attached to an aromatic ring is 2. The number of para-hydroxylation sites is 10. The zero-order valence-electron chi connectivity index (χ0n) is 74.6. The molecule has 40 heteroatoms. The van der Waals surface area contributed by atoms with E-state index in [1.807, 2.05) is 167 Å². The van der Waals surface area contributed by atoms with Gasteiger partial charge in [0.25, 0.3) is 17.8 Å². The van der Waals surface area contributed by atoms with Gasteiger partial charge < -0.3 is 66.0 Å². The van der Waals surface area contributed by atoms with Crippen molar-refractivity contribution in [3.63, 3.8) is 0 Å². The number of rotatable bonds is 14. The van der Waals surface area contributed by atoms with Crippen molar-refractivity contribution in [2.75, 3.05) is 67.4 Å². The van der Waals surface area contributed by atoms with Crippen LogP contribution in [-0.2, 0) is 14.4 Å². The molecule has 7 aromatic heterocycles. The molecule has 0 atom stereocenters. The number of nitrogens with one attached hydrogen (secondary N) is 4. The number of carbonyl (C=O) groups excluding carboxylic acids is 4. The van der Waals surface area contributed by atoms with Crippen LogP contribution in [0.4, 0.5) is 63.4 Å². The van der Waals surface area contributed by atoms with Gasteiger partial charge in [0.2, 0.25) is 0 Å². The van der Waals surface area contributed by atoms with E-state index in [2.05, 4.69) is 130 Å². The first-order chi connectivity index (χ1) is 63.2. The van der Waals surface area contributed by atoms with E-state index < -0.39 is 34.3 Å². The van der Waals surface area contributed by atoms with Gasteiger partial charge in [-0.3, -0.25) is 53.7 Å². The monoisotopic (exact) mass is 1860 g/mol. The second-order valence-electron chi connectivity index (χ2n) is 25.5. The minimum absolute atomic E-state index is 0. The first-order valence-electron chi connectivity index (χ1n) is 40.0. The molecule has 0 unspecified atom stereocenters. The number of H-pyrrole nitrogens is 1. The van der Waals surface area contributed by atoms with Gasteiger partial charge in [-0.1, -0.05) is 141 Å². The maximum Gasteiger partial charge on any atom is 1.00 e. The van der Waals surface area contributed by atoms with Crippen LogP contribution in [0, 0.1) is 26.0 Å². The Balaban J connectivity index is 0.000000386. The molecule has 8 heterocycles. The van der Waals surface area contributed by atoms with Crippen LogP contribution in [-0.4, -0.2) is 133 Å². The number of halogens is 3. The molecular formula is C91H96ClF2K2N19O16. The first-order valence-corrected chi connectivity index (χ1v) is 39.7. The SMILES string of the molecule is C1CCOC1.CCC.CCN(CC)CC.Nc1ccc(-n2cnc3ccccc32)cc1.Nc1ccon1.O=C(Cl)Oc1ccccc1.O=C(Nc1ccc(-n2cnc3ccccc32)cc1)Nc1ccon1.O=C(Nc1ccon1)Oc1ccccc1.O=CO[O-].O=[N+]([O-])c1ccc(-n2cnc3ccccc32)cc1.O=[N+]([O-])c1ccc(F)cc1.[2H]CF.[H-].[K+].[K+].c1ccc2[nH]cnc2c1. The van der Waals surface area contributed by atoms with Crippen molar-refractivity contribution in [2.45, 2.75) is 53.9 Å². The maximum absolute atomic E-state index is 12.1. The Hall–Kier alpha value is -13.1. The molecule has 8 N–H and O–H groups in total. The number of nitrogens with zero attached hydrogens (tertiary/aromatic N) is 13. The Labute approximate surface area is 844 Å². The number of carbonyl (C=O) groups is 4. The Morgan fingerprint density at radius 2 is 0.916 bits per heavy atom. The smallest absolute Gasteiger partial charge is 1.00 e. The molecule has 0 aliphatic carbocycles. The summed E-state index contributed by atoms with van der Waals surface area (Å²) in [5, 5.41) is 47.2. The van der Waals surface area contributed by atoms with Gasteiger partial charge in [0, 0.05) is 95.7 Å². The number of hydrogen-bond acceptors (Lipinski definition) is 26. The number of aromatic amines is 1. The van der Waals surface area contributed by atoms with Gasteiger partial charge in [0.1, 0.15) is 55.1 Å². The molecule has 674 valence electrons. The molecule has 0 radical (unpaired) electrons. The second-order valence-corrected chi connectivity index (χ2v) is 25.8. The van der Waals surface area contributed by atoms with Gasteiger partial charge in [-0.05, 0) is 178 Å². The molecule has 3 amide bonds. The Morgan fingerprint density at radius 3 is 1.27 bits per heavy atom. The number of aromatic nitrogens is 11. The van der Waals surface area contributed by atoms with Crippen molar-refractivity contribution < 1.29 is 181 Å². The van der Waals surface area contributed by atoms with Crippen molar-refractivity contribution in [3.8, 4) is 28.6 Å². The van der Waals surface area contributed by atoms with Crippen molar-refractivity contribution >= 4 is 120 Å². The molecule has 1 saturated heterocycles. The van der Waals surface area contributed by atoms with Crippen molar-refractivity contribution in [2.24, 2.45) is 0 Å². The Bertz CT molecular complexity index is 5960. The number of alkyl halides is 1. The quantitative estimate of drug-likeness (QED) is 0.0112. The van der Waals surface area contributed by atoms with E-state index in [0.29, 0.717) is 34.6 Å². The number of nitro groups is 2. The van der Waals surface area contributed by atoms with E-state index in [-0.39, 0.29) is 128 Å². The normalized spacial score (nSPS) is 10.2. The fourth-order valence-corrected chi connectivity index (χ4v) is 10.6. The van der Waals surface area contributed by atoms with Gasteiger partial charge in [0.15, 0.2) is 17.5 Å². The number of anilines is 5. The number of hydrogen-bond donors (Lipinski definition) is 6. The zero-order chi connectivity index (χ0) is 93.9. The number of nitro benzene ring substituents is 2. The van der Waals surface area contributed by atoms with E-state index in [9.17, 15) is 43.4 Å². The Morgan fingerprint density at radius 1 is 0.534 bits per heavy atom. The number of nitrogens with two attached hydrogens (primary N) is 2. The van der Waals surface area contributed by atoms with Crippen LogP contribution in [0.3, 0.4) is 0 Å². The van der Waals surface area contributed by atoms with E-state index in [1.54, 1.807) is 91.8 Å². The van der Waals surface area contributed by atoms with Crippen LogP contribution in [0.25, 0.3) is 61.2 Å². The van der Waals surface area contributed by atoms with Crippen LogP contribution in [0.5, 0.6) is 11.5 Å². The van der Waals surface area contributed by atoms with Crippen molar-refractivity contribution in [1.29, 1.82) is 0 Å². The van der Waals surface area contributed by atoms with E-state index in [0.717, 1.165) is 104 Å². The molecule has 0 bridgehead atoms. The zero-order valence-corrected chi connectivity index (χ0v) is 79.6. The maximum atomic E-state index is 12.1. The largest absolute Gasteiger partial charge is 1.00 e. The summed E-state index contributed by atoms with van der Waals surface area (Å²) in [6.07, 6.45) is 14.4. The molecule has 10 aromatic carbocycles.